The molecule has 0 spiro atoms. The van der Waals surface area contributed by atoms with Crippen LogP contribution in [0, 0.1) is 5.82 Å². The number of rotatable bonds is 3. The topological polar surface area (TPSA) is 30.5 Å². The molecule has 0 radical (unpaired) electrons. The van der Waals surface area contributed by atoms with E-state index >= 15 is 0 Å². The second-order valence-electron chi connectivity index (χ2n) is 5.41. The van der Waals surface area contributed by atoms with Gasteiger partial charge in [-0.05, 0) is 35.7 Å². The Kier molecular flexibility index (Phi) is 4.29. The van der Waals surface area contributed by atoms with Crippen molar-refractivity contribution < 1.29 is 13.9 Å². The van der Waals surface area contributed by atoms with Crippen molar-refractivity contribution in [2.45, 2.75) is 12.3 Å². The van der Waals surface area contributed by atoms with Crippen LogP contribution >= 0.6 is 0 Å². The van der Waals surface area contributed by atoms with Gasteiger partial charge in [0.05, 0.1) is 14.2 Å². The van der Waals surface area contributed by atoms with Crippen molar-refractivity contribution in [3.8, 4) is 11.5 Å². The van der Waals surface area contributed by atoms with Gasteiger partial charge < -0.3 is 14.8 Å². The van der Waals surface area contributed by atoms with E-state index in [1.165, 1.54) is 19.8 Å². The molecule has 0 aromatic heterocycles. The van der Waals surface area contributed by atoms with Gasteiger partial charge in [-0.25, -0.2) is 4.39 Å². The third-order valence-electron chi connectivity index (χ3n) is 4.22. The van der Waals surface area contributed by atoms with Crippen molar-refractivity contribution in [3.63, 3.8) is 0 Å². The number of hydrogen-bond acceptors (Lipinski definition) is 3. The van der Waals surface area contributed by atoms with E-state index in [-0.39, 0.29) is 17.5 Å². The van der Waals surface area contributed by atoms with Crippen molar-refractivity contribution in [3.05, 3.63) is 58.9 Å². The van der Waals surface area contributed by atoms with Gasteiger partial charge in [-0.1, -0.05) is 30.3 Å². The van der Waals surface area contributed by atoms with Crippen molar-refractivity contribution in [2.75, 3.05) is 27.3 Å². The summed E-state index contributed by atoms with van der Waals surface area (Å²) < 4.78 is 25.4. The largest absolute Gasteiger partial charge is 0.493 e. The molecule has 2 aromatic carbocycles. The van der Waals surface area contributed by atoms with E-state index < -0.39 is 0 Å². The van der Waals surface area contributed by atoms with Crippen LogP contribution in [-0.4, -0.2) is 27.3 Å². The van der Waals surface area contributed by atoms with E-state index in [0.29, 0.717) is 12.2 Å². The first-order chi connectivity index (χ1) is 10.8. The molecule has 116 valence electrons. The summed E-state index contributed by atoms with van der Waals surface area (Å²) in [7, 11) is 3.01. The molecule has 1 aliphatic rings. The van der Waals surface area contributed by atoms with Crippen molar-refractivity contribution in [2.24, 2.45) is 0 Å². The fourth-order valence-corrected chi connectivity index (χ4v) is 3.13. The Bertz CT molecular complexity index is 658. The summed E-state index contributed by atoms with van der Waals surface area (Å²) in [6.07, 6.45) is 0.644. The van der Waals surface area contributed by atoms with E-state index in [0.717, 1.165) is 24.2 Å². The highest BCUT2D eigenvalue weighted by molar-refractivity contribution is 5.52. The number of fused-ring (bicyclic) bond motifs is 1. The molecule has 0 saturated heterocycles. The maximum Gasteiger partial charge on any atom is 0.197 e. The van der Waals surface area contributed by atoms with E-state index in [9.17, 15) is 4.39 Å². The highest BCUT2D eigenvalue weighted by Crippen LogP contribution is 2.40. The van der Waals surface area contributed by atoms with Crippen LogP contribution in [-0.2, 0) is 6.42 Å². The Morgan fingerprint density at radius 1 is 1.14 bits per heavy atom. The standard InChI is InChI=1S/C18H20FNO2/c1-21-16-10-14-13(17(19)18(16)22-2)8-9-20-11-15(14)12-6-4-3-5-7-12/h3-7,10,15,20H,8-9,11H2,1-2H3. The first-order valence-electron chi connectivity index (χ1n) is 7.45. The summed E-state index contributed by atoms with van der Waals surface area (Å²) in [5.74, 6) is 0.436. The molecule has 0 aliphatic carbocycles. The summed E-state index contributed by atoms with van der Waals surface area (Å²) in [5, 5.41) is 3.40. The molecule has 0 bridgehead atoms. The fraction of sp³-hybridized carbons (Fsp3) is 0.333. The lowest BCUT2D eigenvalue weighted by Gasteiger charge is -2.21. The average Bonchev–Trinajstić information content (AvgIpc) is 2.78. The second kappa shape index (κ2) is 6.36. The molecule has 1 N–H and O–H groups in total. The third-order valence-corrected chi connectivity index (χ3v) is 4.22. The first-order valence-corrected chi connectivity index (χ1v) is 7.45. The molecule has 0 amide bonds. The van der Waals surface area contributed by atoms with Gasteiger partial charge in [0.2, 0.25) is 0 Å². The Labute approximate surface area is 130 Å². The van der Waals surface area contributed by atoms with Crippen LogP contribution in [0.3, 0.4) is 0 Å². The lowest BCUT2D eigenvalue weighted by atomic mass is 9.87. The van der Waals surface area contributed by atoms with Gasteiger partial charge >= 0.3 is 0 Å². The molecule has 22 heavy (non-hydrogen) atoms. The summed E-state index contributed by atoms with van der Waals surface area (Å²) in [4.78, 5) is 0. The first kappa shape index (κ1) is 14.9. The highest BCUT2D eigenvalue weighted by atomic mass is 19.1. The second-order valence-corrected chi connectivity index (χ2v) is 5.41. The van der Waals surface area contributed by atoms with Crippen LogP contribution < -0.4 is 14.8 Å². The van der Waals surface area contributed by atoms with Crippen molar-refractivity contribution in [1.29, 1.82) is 0 Å². The Hall–Kier alpha value is -2.07. The predicted molar refractivity (Wildman–Crippen MR) is 84.4 cm³/mol. The minimum atomic E-state index is -0.304. The summed E-state index contributed by atoms with van der Waals surface area (Å²) in [6.45, 7) is 1.54. The highest BCUT2D eigenvalue weighted by Gasteiger charge is 2.27. The molecule has 1 aliphatic heterocycles. The normalized spacial score (nSPS) is 17.5. The van der Waals surface area contributed by atoms with Crippen LogP contribution in [0.5, 0.6) is 11.5 Å². The number of nitrogens with one attached hydrogen (secondary N) is 1. The Balaban J connectivity index is 2.18. The summed E-state index contributed by atoms with van der Waals surface area (Å²) >= 11 is 0. The van der Waals surface area contributed by atoms with Gasteiger partial charge in [0, 0.05) is 12.5 Å². The monoisotopic (exact) mass is 301 g/mol. The third kappa shape index (κ3) is 2.55. The van der Waals surface area contributed by atoms with E-state index in [1.54, 1.807) is 0 Å². The molecular weight excluding hydrogens is 281 g/mol. The Morgan fingerprint density at radius 3 is 2.59 bits per heavy atom. The van der Waals surface area contributed by atoms with Gasteiger partial charge in [0.25, 0.3) is 0 Å². The molecule has 0 saturated carbocycles. The van der Waals surface area contributed by atoms with E-state index in [2.05, 4.69) is 17.4 Å². The van der Waals surface area contributed by atoms with Crippen molar-refractivity contribution >= 4 is 0 Å². The smallest absolute Gasteiger partial charge is 0.197 e. The minimum absolute atomic E-state index is 0.105. The molecular formula is C18H20FNO2. The van der Waals surface area contributed by atoms with Gasteiger partial charge in [0.1, 0.15) is 0 Å². The molecule has 1 unspecified atom stereocenters. The molecule has 2 aromatic rings. The minimum Gasteiger partial charge on any atom is -0.493 e. The van der Waals surface area contributed by atoms with Gasteiger partial charge in [0.15, 0.2) is 17.3 Å². The van der Waals surface area contributed by atoms with Crippen LogP contribution in [0.25, 0.3) is 0 Å². The van der Waals surface area contributed by atoms with Crippen LogP contribution in [0.1, 0.15) is 22.6 Å². The van der Waals surface area contributed by atoms with Gasteiger partial charge in [-0.2, -0.15) is 0 Å². The van der Waals surface area contributed by atoms with Gasteiger partial charge in [-0.3, -0.25) is 0 Å². The zero-order valence-electron chi connectivity index (χ0n) is 12.9. The average molecular weight is 301 g/mol. The van der Waals surface area contributed by atoms with Crippen LogP contribution in [0.2, 0.25) is 0 Å². The fourth-order valence-electron chi connectivity index (χ4n) is 3.13. The molecule has 3 rings (SSSR count). The number of ether oxygens (including phenoxy) is 2. The molecule has 1 atom stereocenters. The maximum absolute atomic E-state index is 14.8. The predicted octanol–water partition coefficient (Wildman–Crippen LogP) is 3.12. The zero-order valence-corrected chi connectivity index (χ0v) is 12.9. The maximum atomic E-state index is 14.8. The number of benzene rings is 2. The molecule has 1 heterocycles. The zero-order chi connectivity index (χ0) is 15.5. The lowest BCUT2D eigenvalue weighted by Crippen LogP contribution is -2.20. The number of halogens is 1. The number of hydrogen-bond donors (Lipinski definition) is 1. The summed E-state index contributed by atoms with van der Waals surface area (Å²) in [6, 6.07) is 12.1. The van der Waals surface area contributed by atoms with Crippen LogP contribution in [0.15, 0.2) is 36.4 Å². The Morgan fingerprint density at radius 2 is 1.91 bits per heavy atom. The molecule has 3 nitrogen and oxygen atoms in total. The molecule has 0 fully saturated rings. The lowest BCUT2D eigenvalue weighted by molar-refractivity contribution is 0.335. The number of methoxy groups -OCH3 is 2. The SMILES string of the molecule is COc1cc2c(c(F)c1OC)CCNCC2c1ccccc1. The van der Waals surface area contributed by atoms with Gasteiger partial charge in [-0.15, -0.1) is 0 Å². The van der Waals surface area contributed by atoms with E-state index in [4.69, 9.17) is 9.47 Å². The quantitative estimate of drug-likeness (QED) is 0.945. The van der Waals surface area contributed by atoms with Crippen LogP contribution in [0.4, 0.5) is 4.39 Å². The molecule has 4 heteroatoms. The van der Waals surface area contributed by atoms with E-state index in [1.807, 2.05) is 24.3 Å². The van der Waals surface area contributed by atoms with Crippen molar-refractivity contribution in [1.82, 2.24) is 5.32 Å². The summed E-state index contributed by atoms with van der Waals surface area (Å²) in [5.41, 5.74) is 2.87.